The van der Waals surface area contributed by atoms with Crippen LogP contribution in [0.15, 0.2) is 18.2 Å². The van der Waals surface area contributed by atoms with Crippen molar-refractivity contribution in [1.82, 2.24) is 4.90 Å². The fourth-order valence-electron chi connectivity index (χ4n) is 1.43. The summed E-state index contributed by atoms with van der Waals surface area (Å²) in [7, 11) is 3.25. The molecule has 0 aliphatic carbocycles. The van der Waals surface area contributed by atoms with E-state index in [1.807, 2.05) is 13.0 Å². The number of carbonyl (C=O) groups excluding carboxylic acids is 1. The largest absolute Gasteiger partial charge is 0.497 e. The van der Waals surface area contributed by atoms with Crippen LogP contribution in [0.4, 0.5) is 10.5 Å². The summed E-state index contributed by atoms with van der Waals surface area (Å²) in [6, 6.07) is 4.97. The van der Waals surface area contributed by atoms with Crippen molar-refractivity contribution in [2.24, 2.45) is 0 Å². The Hall–Kier alpha value is -1.75. The van der Waals surface area contributed by atoms with Gasteiger partial charge in [-0.25, -0.2) is 4.79 Å². The minimum atomic E-state index is -0.246. The van der Waals surface area contributed by atoms with Gasteiger partial charge in [-0.15, -0.1) is 0 Å². The zero-order valence-corrected chi connectivity index (χ0v) is 11.2. The van der Waals surface area contributed by atoms with Gasteiger partial charge in [0, 0.05) is 12.7 Å². The Morgan fingerprint density at radius 2 is 2.22 bits per heavy atom. The normalized spacial score (nSPS) is 11.8. The molecule has 5 heteroatoms. The summed E-state index contributed by atoms with van der Waals surface area (Å²) in [6.07, 6.45) is 0. The highest BCUT2D eigenvalue weighted by Crippen LogP contribution is 2.21. The van der Waals surface area contributed by atoms with E-state index in [1.54, 1.807) is 33.2 Å². The molecule has 0 bridgehead atoms. The van der Waals surface area contributed by atoms with Crippen molar-refractivity contribution in [2.45, 2.75) is 19.9 Å². The summed E-state index contributed by atoms with van der Waals surface area (Å²) in [6.45, 7) is 3.61. The molecule has 0 saturated carbocycles. The third kappa shape index (κ3) is 3.37. The van der Waals surface area contributed by atoms with Crippen molar-refractivity contribution in [1.29, 1.82) is 0 Å². The standard InChI is InChI=1S/C13H20N2O3/c1-9-7-11(18-4)5-6-12(9)14-13(17)15(3)10(2)8-16/h5-7,10,16H,8H2,1-4H3,(H,14,17). The number of aryl methyl sites for hydroxylation is 1. The number of carbonyl (C=O) groups is 1. The van der Waals surface area contributed by atoms with E-state index in [-0.39, 0.29) is 18.7 Å². The number of aliphatic hydroxyl groups is 1. The minimum Gasteiger partial charge on any atom is -0.497 e. The van der Waals surface area contributed by atoms with E-state index in [0.717, 1.165) is 17.0 Å². The fraction of sp³-hybridized carbons (Fsp3) is 0.462. The minimum absolute atomic E-state index is 0.0640. The van der Waals surface area contributed by atoms with Crippen LogP contribution < -0.4 is 10.1 Å². The van der Waals surface area contributed by atoms with Gasteiger partial charge in [0.25, 0.3) is 0 Å². The van der Waals surface area contributed by atoms with Gasteiger partial charge >= 0.3 is 6.03 Å². The molecular weight excluding hydrogens is 232 g/mol. The van der Waals surface area contributed by atoms with E-state index >= 15 is 0 Å². The Balaban J connectivity index is 2.76. The van der Waals surface area contributed by atoms with E-state index < -0.39 is 0 Å². The number of aliphatic hydroxyl groups excluding tert-OH is 1. The van der Waals surface area contributed by atoms with Crippen LogP contribution in [0.3, 0.4) is 0 Å². The molecule has 100 valence electrons. The molecule has 18 heavy (non-hydrogen) atoms. The number of hydrogen-bond acceptors (Lipinski definition) is 3. The van der Waals surface area contributed by atoms with E-state index in [1.165, 1.54) is 4.90 Å². The van der Waals surface area contributed by atoms with E-state index in [4.69, 9.17) is 9.84 Å². The maximum Gasteiger partial charge on any atom is 0.321 e. The molecule has 0 spiro atoms. The summed E-state index contributed by atoms with van der Waals surface area (Å²) in [5.74, 6) is 0.752. The first kappa shape index (κ1) is 14.3. The van der Waals surface area contributed by atoms with Gasteiger partial charge in [0.05, 0.1) is 19.8 Å². The van der Waals surface area contributed by atoms with Crippen molar-refractivity contribution in [3.05, 3.63) is 23.8 Å². The monoisotopic (exact) mass is 252 g/mol. The van der Waals surface area contributed by atoms with Gasteiger partial charge in [0.2, 0.25) is 0 Å². The summed E-state index contributed by atoms with van der Waals surface area (Å²) >= 11 is 0. The average Bonchev–Trinajstić information content (AvgIpc) is 2.38. The zero-order chi connectivity index (χ0) is 13.7. The van der Waals surface area contributed by atoms with Crippen LogP contribution in [0, 0.1) is 6.92 Å². The molecule has 1 aromatic rings. The van der Waals surface area contributed by atoms with Crippen LogP contribution in [0.1, 0.15) is 12.5 Å². The molecule has 0 heterocycles. The Labute approximate surface area is 107 Å². The Morgan fingerprint density at radius 1 is 1.56 bits per heavy atom. The summed E-state index contributed by atoms with van der Waals surface area (Å²) in [5.41, 5.74) is 1.66. The van der Waals surface area contributed by atoms with Gasteiger partial charge in [0.15, 0.2) is 0 Å². The lowest BCUT2D eigenvalue weighted by Gasteiger charge is -2.24. The third-order valence-corrected chi connectivity index (χ3v) is 2.92. The average molecular weight is 252 g/mol. The van der Waals surface area contributed by atoms with Gasteiger partial charge in [-0.1, -0.05) is 0 Å². The highest BCUT2D eigenvalue weighted by atomic mass is 16.5. The Morgan fingerprint density at radius 3 is 2.72 bits per heavy atom. The van der Waals surface area contributed by atoms with Crippen molar-refractivity contribution < 1.29 is 14.6 Å². The smallest absolute Gasteiger partial charge is 0.321 e. The van der Waals surface area contributed by atoms with Gasteiger partial charge < -0.3 is 20.1 Å². The molecule has 0 fully saturated rings. The van der Waals surface area contributed by atoms with E-state index in [0.29, 0.717) is 0 Å². The number of rotatable bonds is 4. The summed E-state index contributed by atoms with van der Waals surface area (Å²) in [4.78, 5) is 13.4. The van der Waals surface area contributed by atoms with Crippen LogP contribution in [-0.4, -0.2) is 42.8 Å². The van der Waals surface area contributed by atoms with Crippen LogP contribution in [0.5, 0.6) is 5.75 Å². The number of nitrogens with one attached hydrogen (secondary N) is 1. The second-order valence-corrected chi connectivity index (χ2v) is 4.25. The summed E-state index contributed by atoms with van der Waals surface area (Å²) < 4.78 is 5.10. The molecule has 0 aromatic heterocycles. The molecule has 2 amide bonds. The Kier molecular flexibility index (Phi) is 4.97. The number of urea groups is 1. The molecule has 1 unspecified atom stereocenters. The number of benzene rings is 1. The van der Waals surface area contributed by atoms with Gasteiger partial charge in [-0.2, -0.15) is 0 Å². The number of nitrogens with zero attached hydrogens (tertiary/aromatic N) is 1. The van der Waals surface area contributed by atoms with Crippen LogP contribution >= 0.6 is 0 Å². The molecule has 0 saturated heterocycles. The van der Waals surface area contributed by atoms with Crippen LogP contribution in [-0.2, 0) is 0 Å². The van der Waals surface area contributed by atoms with Gasteiger partial charge in [-0.3, -0.25) is 0 Å². The molecule has 2 N–H and O–H groups in total. The van der Waals surface area contributed by atoms with Crippen LogP contribution in [0.25, 0.3) is 0 Å². The predicted octanol–water partition coefficient (Wildman–Crippen LogP) is 1.85. The number of methoxy groups -OCH3 is 1. The van der Waals surface area contributed by atoms with Gasteiger partial charge in [0.1, 0.15) is 5.75 Å². The maximum atomic E-state index is 11.9. The van der Waals surface area contributed by atoms with Crippen molar-refractivity contribution >= 4 is 11.7 Å². The SMILES string of the molecule is COc1ccc(NC(=O)N(C)C(C)CO)c(C)c1. The molecule has 1 atom stereocenters. The van der Waals surface area contributed by atoms with Crippen molar-refractivity contribution in [3.63, 3.8) is 0 Å². The van der Waals surface area contributed by atoms with Crippen molar-refractivity contribution in [3.8, 4) is 5.75 Å². The zero-order valence-electron chi connectivity index (χ0n) is 11.2. The number of ether oxygens (including phenoxy) is 1. The molecule has 1 rings (SSSR count). The second-order valence-electron chi connectivity index (χ2n) is 4.25. The lowest BCUT2D eigenvalue weighted by atomic mass is 10.2. The third-order valence-electron chi connectivity index (χ3n) is 2.92. The first-order valence-electron chi connectivity index (χ1n) is 5.79. The molecule has 0 radical (unpaired) electrons. The highest BCUT2D eigenvalue weighted by Gasteiger charge is 2.15. The second kappa shape index (κ2) is 6.26. The van der Waals surface area contributed by atoms with Crippen molar-refractivity contribution in [2.75, 3.05) is 26.1 Å². The fourth-order valence-corrected chi connectivity index (χ4v) is 1.43. The lowest BCUT2D eigenvalue weighted by Crippen LogP contribution is -2.40. The Bertz CT molecular complexity index is 421. The lowest BCUT2D eigenvalue weighted by molar-refractivity contribution is 0.166. The molecule has 1 aromatic carbocycles. The maximum absolute atomic E-state index is 11.9. The molecular formula is C13H20N2O3. The van der Waals surface area contributed by atoms with E-state index in [2.05, 4.69) is 5.32 Å². The first-order chi connectivity index (χ1) is 8.49. The topological polar surface area (TPSA) is 61.8 Å². The first-order valence-corrected chi connectivity index (χ1v) is 5.79. The molecule has 0 aliphatic heterocycles. The number of likely N-dealkylation sites (N-methyl/N-ethyl adjacent to an activating group) is 1. The highest BCUT2D eigenvalue weighted by molar-refractivity contribution is 5.90. The summed E-state index contributed by atoms with van der Waals surface area (Å²) in [5, 5.41) is 11.8. The predicted molar refractivity (Wildman–Crippen MR) is 71.1 cm³/mol. The quantitative estimate of drug-likeness (QED) is 0.859. The van der Waals surface area contributed by atoms with Gasteiger partial charge in [-0.05, 0) is 37.6 Å². The molecule has 0 aliphatic rings. The molecule has 5 nitrogen and oxygen atoms in total. The number of anilines is 1. The number of hydrogen-bond donors (Lipinski definition) is 2. The van der Waals surface area contributed by atoms with E-state index in [9.17, 15) is 4.79 Å². The van der Waals surface area contributed by atoms with Crippen LogP contribution in [0.2, 0.25) is 0 Å². The number of amides is 2.